The highest BCUT2D eigenvalue weighted by Gasteiger charge is 2.43. The molecule has 3 aliphatic heterocycles. The molecule has 3 aromatic carbocycles. The number of imide groups is 6. The van der Waals surface area contributed by atoms with E-state index in [1.54, 1.807) is 35.9 Å². The molecule has 0 saturated carbocycles. The number of amides is 12. The van der Waals surface area contributed by atoms with E-state index >= 15 is 0 Å². The molecule has 0 N–H and O–H groups in total. The zero-order chi connectivity index (χ0) is 57.5. The average Bonchev–Trinajstić information content (AvgIpc) is 4.16. The molecular weight excluding hydrogens is 997 g/mol. The van der Waals surface area contributed by atoms with Crippen LogP contribution in [0.3, 0.4) is 0 Å². The van der Waals surface area contributed by atoms with Gasteiger partial charge in [-0.15, -0.1) is 0 Å². The van der Waals surface area contributed by atoms with Gasteiger partial charge in [0.1, 0.15) is 16.7 Å². The molecular formula is C57H54N12O9. The summed E-state index contributed by atoms with van der Waals surface area (Å²) in [6.07, 6.45) is 1.93. The van der Waals surface area contributed by atoms with Gasteiger partial charge in [-0.25, -0.2) is 28.9 Å². The number of nitrogens with zero attached hydrogens (tertiary/aromatic N) is 12. The predicted octanol–water partition coefficient (Wildman–Crippen LogP) is 2.45. The lowest BCUT2D eigenvalue weighted by Crippen LogP contribution is -2.55. The standard InChI is InChI=1S/C21H19N5O6.C19H18N4O3.C17H17N3/c1-22-14(12-16(27)23(2)20(31)24(3)17(12)28)10-8-6-7-9-11(10)15(22)13-18(29)25(4)21(32)26(5)19(13)30;1-6-13(20-2)15-11-9-7-8-10-12(11)16(21(15)3)14-17(24)22(4)19(26)23(5)18(14)25;1-6-14(18-3)16-12-10-8-9-11-13(12)17(20(16)5)15(7-2)19-4/h6-9H,1-5H3;7-10H,6H2,1,3-5H3;8-11H,6-7H2,1-2,5H3/b;15-13+;16-14+,17-15+. The fourth-order valence-corrected chi connectivity index (χ4v) is 10.0. The smallest absolute Gasteiger partial charge is 0.333 e. The Balaban J connectivity index is 0.000000174. The SMILES string of the molecule is CN1C(=O)C(=c2c3ccccc3c(=C3C(=O)N(C)C(=O)N(C)C3=O)n2C)C(=O)N(C)C1=O.[C-]#[N+]/C(CC)=c1\c2ccccc2/c(=C(/CC)[N+]#[C-])n1C.[C-]#[N+]/C(CC)=c1\c2ccccc2c(=C2C(=O)N(C)C(=O)N(C)C2=O)n1C. The summed E-state index contributed by atoms with van der Waals surface area (Å²) in [4.78, 5) is 130. The van der Waals surface area contributed by atoms with Gasteiger partial charge in [0.2, 0.25) is 0 Å². The Morgan fingerprint density at radius 3 is 0.782 bits per heavy atom. The maximum absolute atomic E-state index is 13.0. The molecule has 0 unspecified atom stereocenters. The first kappa shape index (κ1) is 55.5. The van der Waals surface area contributed by atoms with Crippen molar-refractivity contribution in [2.45, 2.75) is 40.0 Å². The quantitative estimate of drug-likeness (QED) is 0.239. The maximum Gasteiger partial charge on any atom is 0.333 e. The van der Waals surface area contributed by atoms with E-state index in [1.807, 2.05) is 80.9 Å². The summed E-state index contributed by atoms with van der Waals surface area (Å²) in [6.45, 7) is 28.1. The van der Waals surface area contributed by atoms with E-state index in [0.29, 0.717) is 51.8 Å². The van der Waals surface area contributed by atoms with E-state index < -0.39 is 53.5 Å². The van der Waals surface area contributed by atoms with E-state index in [9.17, 15) is 43.2 Å². The lowest BCUT2D eigenvalue weighted by Gasteiger charge is -2.29. The van der Waals surface area contributed by atoms with Crippen LogP contribution in [0.5, 0.6) is 0 Å². The largest absolute Gasteiger partial charge is 0.363 e. The van der Waals surface area contributed by atoms with Crippen LogP contribution in [0.1, 0.15) is 40.0 Å². The number of rotatable bonds is 3. The van der Waals surface area contributed by atoms with Crippen molar-refractivity contribution in [3.05, 3.63) is 139 Å². The summed E-state index contributed by atoms with van der Waals surface area (Å²) in [6, 6.07) is 19.8. The Morgan fingerprint density at radius 2 is 0.538 bits per heavy atom. The predicted molar refractivity (Wildman–Crippen MR) is 290 cm³/mol. The Morgan fingerprint density at radius 1 is 0.333 bits per heavy atom. The summed E-state index contributed by atoms with van der Waals surface area (Å²) in [5.41, 5.74) is 1.43. The molecule has 78 heavy (non-hydrogen) atoms. The number of benzene rings is 3. The first-order valence-corrected chi connectivity index (χ1v) is 24.4. The molecule has 3 aliphatic rings. The first-order valence-electron chi connectivity index (χ1n) is 24.4. The van der Waals surface area contributed by atoms with Crippen molar-refractivity contribution in [1.82, 2.24) is 43.1 Å². The fraction of sp³-hybridized carbons (Fsp3) is 0.263. The van der Waals surface area contributed by atoms with Gasteiger partial charge < -0.3 is 13.7 Å². The van der Waals surface area contributed by atoms with Gasteiger partial charge in [0.25, 0.3) is 35.4 Å². The highest BCUT2D eigenvalue weighted by Crippen LogP contribution is 2.21. The number of hydrogen-bond donors (Lipinski definition) is 0. The highest BCUT2D eigenvalue weighted by atomic mass is 16.2. The minimum Gasteiger partial charge on any atom is -0.363 e. The van der Waals surface area contributed by atoms with Crippen LogP contribution in [0.15, 0.2) is 72.8 Å². The number of urea groups is 3. The molecule has 0 spiro atoms. The molecule has 9 rings (SSSR count). The molecule has 21 nitrogen and oxygen atoms in total. The van der Waals surface area contributed by atoms with Crippen molar-refractivity contribution in [2.75, 3.05) is 42.3 Å². The molecule has 6 aromatic rings. The fourth-order valence-electron chi connectivity index (χ4n) is 10.0. The van der Waals surface area contributed by atoms with Crippen LogP contribution in [0.4, 0.5) is 14.4 Å². The van der Waals surface area contributed by atoms with Crippen molar-refractivity contribution in [3.8, 4) is 0 Å². The molecule has 21 heteroatoms. The van der Waals surface area contributed by atoms with Gasteiger partial charge >= 0.3 is 18.1 Å². The number of carbonyl (C=O) groups excluding carboxylic acids is 9. The number of barbiturate groups is 3. The summed E-state index contributed by atoms with van der Waals surface area (Å²) >= 11 is 0. The summed E-state index contributed by atoms with van der Waals surface area (Å²) in [5.74, 6) is -4.48. The molecule has 0 bridgehead atoms. The molecule has 0 atom stereocenters. The van der Waals surface area contributed by atoms with Gasteiger partial charge in [-0.05, 0) is 35.4 Å². The topological polar surface area (TPSA) is 201 Å². The Kier molecular flexibility index (Phi) is 15.4. The Bertz CT molecular complexity index is 4010. The third kappa shape index (κ3) is 8.64. The second-order valence-corrected chi connectivity index (χ2v) is 18.3. The monoisotopic (exact) mass is 1050 g/mol. The normalized spacial score (nSPS) is 16.4. The van der Waals surface area contributed by atoms with E-state index in [-0.39, 0.29) is 27.4 Å². The molecule has 3 saturated heterocycles. The van der Waals surface area contributed by atoms with Crippen LogP contribution in [-0.2, 0) is 49.9 Å². The molecule has 3 aromatic heterocycles. The number of fused-ring (bicyclic) bond motifs is 3. The average molecular weight is 1050 g/mol. The number of aromatic nitrogens is 3. The third-order valence-corrected chi connectivity index (χ3v) is 14.1. The minimum absolute atomic E-state index is 0.0695. The van der Waals surface area contributed by atoms with Crippen molar-refractivity contribution < 1.29 is 43.2 Å². The van der Waals surface area contributed by atoms with Gasteiger partial charge in [0, 0.05) is 90.3 Å². The molecule has 0 radical (unpaired) electrons. The van der Waals surface area contributed by atoms with Gasteiger partial charge in [0.05, 0.1) is 41.1 Å². The third-order valence-electron chi connectivity index (χ3n) is 14.1. The summed E-state index contributed by atoms with van der Waals surface area (Å²) in [5, 5.41) is 7.82. The highest BCUT2D eigenvalue weighted by molar-refractivity contribution is 6.48. The van der Waals surface area contributed by atoms with Gasteiger partial charge in [-0.1, -0.05) is 93.6 Å². The zero-order valence-corrected chi connectivity index (χ0v) is 45.1. The van der Waals surface area contributed by atoms with E-state index in [1.165, 1.54) is 53.9 Å². The van der Waals surface area contributed by atoms with Crippen LogP contribution in [0.25, 0.3) is 80.7 Å². The van der Waals surface area contributed by atoms with E-state index in [0.717, 1.165) is 67.7 Å². The Hall–Kier alpha value is -10.2. The first-order chi connectivity index (χ1) is 37.0. The van der Waals surface area contributed by atoms with Crippen LogP contribution < -0.4 is 32.1 Å². The molecule has 0 aliphatic carbocycles. The van der Waals surface area contributed by atoms with Gasteiger partial charge in [-0.3, -0.25) is 58.2 Å². The van der Waals surface area contributed by atoms with Gasteiger partial charge in [-0.2, -0.15) is 0 Å². The van der Waals surface area contributed by atoms with Crippen LogP contribution in [-0.4, -0.2) is 139 Å². The molecule has 396 valence electrons. The lowest BCUT2D eigenvalue weighted by atomic mass is 10.1. The van der Waals surface area contributed by atoms with E-state index in [2.05, 4.69) is 14.5 Å². The number of hydrogen-bond acceptors (Lipinski definition) is 9. The molecule has 6 heterocycles. The van der Waals surface area contributed by atoms with Crippen molar-refractivity contribution in [2.24, 2.45) is 21.1 Å². The zero-order valence-electron chi connectivity index (χ0n) is 45.1. The summed E-state index contributed by atoms with van der Waals surface area (Å²) in [7, 11) is 12.9. The number of carbonyl (C=O) groups is 9. The van der Waals surface area contributed by atoms with Crippen LogP contribution in [0.2, 0.25) is 0 Å². The molecule has 12 amide bonds. The maximum atomic E-state index is 13.0. The second-order valence-electron chi connectivity index (χ2n) is 18.3. The van der Waals surface area contributed by atoms with Crippen molar-refractivity contribution >= 4 is 120 Å². The Labute approximate surface area is 447 Å². The van der Waals surface area contributed by atoms with Crippen molar-refractivity contribution in [1.29, 1.82) is 0 Å². The molecule has 3 fully saturated rings. The second kappa shape index (κ2) is 21.6. The van der Waals surface area contributed by atoms with Crippen molar-refractivity contribution in [3.63, 3.8) is 0 Å². The van der Waals surface area contributed by atoms with E-state index in [4.69, 9.17) is 19.7 Å². The van der Waals surface area contributed by atoms with Crippen LogP contribution in [0, 0.1) is 19.7 Å². The summed E-state index contributed by atoms with van der Waals surface area (Å²) < 4.78 is 5.14. The van der Waals surface area contributed by atoms with Gasteiger partial charge in [0.15, 0.2) is 17.1 Å². The van der Waals surface area contributed by atoms with Crippen LogP contribution >= 0.6 is 0 Å². The lowest BCUT2D eigenvalue weighted by molar-refractivity contribution is -0.132. The minimum atomic E-state index is -0.799.